The van der Waals surface area contributed by atoms with Crippen LogP contribution in [0.2, 0.25) is 0 Å². The third-order valence-electron chi connectivity index (χ3n) is 2.70. The molecule has 0 heterocycles. The Morgan fingerprint density at radius 3 is 2.00 bits per heavy atom. The van der Waals surface area contributed by atoms with Crippen LogP contribution in [0.1, 0.15) is 25.3 Å². The quantitative estimate of drug-likeness (QED) is 0.477. The summed E-state index contributed by atoms with van der Waals surface area (Å²) in [4.78, 5) is 0. The molecular weight excluding hydrogens is 327 g/mol. The van der Waals surface area contributed by atoms with Gasteiger partial charge >= 0.3 is 29.6 Å². The summed E-state index contributed by atoms with van der Waals surface area (Å²) >= 11 is 0. The molecule has 0 amide bonds. The summed E-state index contributed by atoms with van der Waals surface area (Å²) in [6, 6.07) is 15.2. The Labute approximate surface area is 159 Å². The average Bonchev–Trinajstić information content (AvgIpc) is 2.46. The minimum Gasteiger partial charge on any atom is -0.716 e. The number of aromatic hydroxyl groups is 1. The summed E-state index contributed by atoms with van der Waals surface area (Å²) in [5, 5.41) is 8.63. The summed E-state index contributed by atoms with van der Waals surface area (Å²) in [5.74, 6) is 0.382. The number of hydrogen-bond acceptors (Lipinski definition) is 5. The average molecular weight is 346 g/mol. The third kappa shape index (κ3) is 11.2. The first-order valence-corrected chi connectivity index (χ1v) is 8.22. The minimum absolute atomic E-state index is 0. The zero-order valence-electron chi connectivity index (χ0n) is 13.3. The molecule has 0 aromatic heterocycles. The Bertz CT molecular complexity index is 642. The largest absolute Gasteiger partial charge is 1.00 e. The second-order valence-corrected chi connectivity index (χ2v) is 5.56. The maximum absolute atomic E-state index is 10.3. The molecule has 0 fully saturated rings. The van der Waals surface area contributed by atoms with E-state index in [-0.39, 0.29) is 35.3 Å². The number of aryl methyl sites for hydroxylation is 1. The second-order valence-electron chi connectivity index (χ2n) is 4.57. The molecule has 120 valence electrons. The molecule has 2 rings (SSSR count). The van der Waals surface area contributed by atoms with Gasteiger partial charge in [0.15, 0.2) is 0 Å². The van der Waals surface area contributed by atoms with Gasteiger partial charge in [-0.15, -0.1) is 0 Å². The molecule has 0 bridgehead atoms. The number of hydrogen-bond donors (Lipinski definition) is 1. The summed E-state index contributed by atoms with van der Waals surface area (Å²) in [6.45, 7) is 2.10. The van der Waals surface area contributed by atoms with Gasteiger partial charge in [-0.2, -0.15) is 0 Å². The van der Waals surface area contributed by atoms with Crippen LogP contribution in [-0.4, -0.2) is 18.1 Å². The van der Waals surface area contributed by atoms with E-state index in [9.17, 15) is 13.0 Å². The fourth-order valence-electron chi connectivity index (χ4n) is 1.64. The zero-order valence-corrected chi connectivity index (χ0v) is 16.1. The molecular formula is C16H19NaO5S. The van der Waals surface area contributed by atoms with E-state index in [1.165, 1.54) is 12.1 Å². The molecule has 5 nitrogen and oxygen atoms in total. The molecule has 23 heavy (non-hydrogen) atoms. The zero-order chi connectivity index (χ0) is 16.4. The normalized spacial score (nSPS) is 10.0. The number of para-hydroxylation sites is 1. The van der Waals surface area contributed by atoms with Crippen LogP contribution in [0.3, 0.4) is 0 Å². The summed E-state index contributed by atoms with van der Waals surface area (Å²) in [7, 11) is -4.66. The fraction of sp³-hybridized carbons (Fsp3) is 0.250. The van der Waals surface area contributed by atoms with Gasteiger partial charge in [0, 0.05) is 0 Å². The van der Waals surface area contributed by atoms with Crippen molar-refractivity contribution in [3.05, 3.63) is 60.2 Å². The fourth-order valence-corrected chi connectivity index (χ4v) is 1.99. The van der Waals surface area contributed by atoms with Gasteiger partial charge in [0.05, 0.1) is 0 Å². The van der Waals surface area contributed by atoms with Crippen molar-refractivity contribution in [1.82, 2.24) is 0 Å². The molecule has 0 aliphatic carbocycles. The van der Waals surface area contributed by atoms with Gasteiger partial charge in [0.25, 0.3) is 10.4 Å². The maximum atomic E-state index is 10.3. The molecule has 7 heteroatoms. The minimum atomic E-state index is -4.66. The van der Waals surface area contributed by atoms with Crippen molar-refractivity contribution in [2.75, 3.05) is 0 Å². The number of unbranched alkanes of at least 4 members (excludes halogenated alkanes) is 1. The topological polar surface area (TPSA) is 86.7 Å². The summed E-state index contributed by atoms with van der Waals surface area (Å²) in [6.07, 6.45) is 3.13. The van der Waals surface area contributed by atoms with Crippen LogP contribution >= 0.6 is 0 Å². The van der Waals surface area contributed by atoms with Gasteiger partial charge in [0.2, 0.25) is 0 Å². The van der Waals surface area contributed by atoms with E-state index >= 15 is 0 Å². The monoisotopic (exact) mass is 346 g/mol. The Balaban J connectivity index is 0.000000509. The van der Waals surface area contributed by atoms with Crippen LogP contribution in [0.15, 0.2) is 54.6 Å². The van der Waals surface area contributed by atoms with Crippen molar-refractivity contribution in [3.63, 3.8) is 0 Å². The van der Waals surface area contributed by atoms with Gasteiger partial charge < -0.3 is 13.8 Å². The molecule has 0 saturated heterocycles. The molecule has 0 saturated carbocycles. The molecule has 0 aliphatic heterocycles. The SMILES string of the molecule is CCCCc1ccc(OS(=O)(=O)[O-])cc1.Oc1ccccc1.[Na+]. The molecule has 0 atom stereocenters. The first kappa shape index (κ1) is 21.9. The van der Waals surface area contributed by atoms with E-state index in [4.69, 9.17) is 5.11 Å². The van der Waals surface area contributed by atoms with Crippen LogP contribution < -0.4 is 33.7 Å². The van der Waals surface area contributed by atoms with Crippen LogP contribution in [0.4, 0.5) is 0 Å². The Morgan fingerprint density at radius 2 is 1.61 bits per heavy atom. The van der Waals surface area contributed by atoms with Crippen molar-refractivity contribution < 1.29 is 51.8 Å². The molecule has 2 aromatic rings. The first-order valence-electron chi connectivity index (χ1n) is 6.89. The van der Waals surface area contributed by atoms with Crippen LogP contribution in [0, 0.1) is 0 Å². The van der Waals surface area contributed by atoms with Crippen molar-refractivity contribution in [2.45, 2.75) is 26.2 Å². The molecule has 1 N–H and O–H groups in total. The summed E-state index contributed by atoms with van der Waals surface area (Å²) < 4.78 is 35.0. The number of benzene rings is 2. The number of phenols is 1. The third-order valence-corrected chi connectivity index (χ3v) is 3.09. The van der Waals surface area contributed by atoms with E-state index in [0.717, 1.165) is 24.8 Å². The van der Waals surface area contributed by atoms with E-state index in [2.05, 4.69) is 11.1 Å². The van der Waals surface area contributed by atoms with Gasteiger partial charge in [-0.05, 0) is 42.7 Å². The number of rotatable bonds is 5. The Hall–Kier alpha value is -1.05. The Morgan fingerprint density at radius 1 is 1.04 bits per heavy atom. The molecule has 0 unspecified atom stereocenters. The van der Waals surface area contributed by atoms with E-state index < -0.39 is 10.4 Å². The molecule has 2 aromatic carbocycles. The van der Waals surface area contributed by atoms with Gasteiger partial charge in [-0.1, -0.05) is 43.7 Å². The predicted molar refractivity (Wildman–Crippen MR) is 83.5 cm³/mol. The number of phenolic OH excluding ortho intramolecular Hbond substituents is 1. The van der Waals surface area contributed by atoms with Crippen LogP contribution in [0.25, 0.3) is 0 Å². The van der Waals surface area contributed by atoms with Gasteiger partial charge in [-0.3, -0.25) is 0 Å². The maximum Gasteiger partial charge on any atom is 1.00 e. The van der Waals surface area contributed by atoms with Crippen molar-refractivity contribution >= 4 is 10.4 Å². The molecule has 0 radical (unpaired) electrons. The van der Waals surface area contributed by atoms with Crippen LogP contribution in [-0.2, 0) is 16.8 Å². The van der Waals surface area contributed by atoms with E-state index in [0.29, 0.717) is 5.75 Å². The van der Waals surface area contributed by atoms with Crippen molar-refractivity contribution in [1.29, 1.82) is 0 Å². The van der Waals surface area contributed by atoms with Crippen molar-refractivity contribution in [2.24, 2.45) is 0 Å². The predicted octanol–water partition coefficient (Wildman–Crippen LogP) is 0.264. The Kier molecular flexibility index (Phi) is 11.0. The van der Waals surface area contributed by atoms with Crippen molar-refractivity contribution in [3.8, 4) is 11.5 Å². The van der Waals surface area contributed by atoms with Gasteiger partial charge in [-0.25, -0.2) is 8.42 Å². The van der Waals surface area contributed by atoms with Crippen LogP contribution in [0.5, 0.6) is 11.5 Å². The second kappa shape index (κ2) is 11.5. The summed E-state index contributed by atoms with van der Waals surface area (Å²) in [5.41, 5.74) is 1.10. The molecule has 0 aliphatic rings. The van der Waals surface area contributed by atoms with Gasteiger partial charge in [0.1, 0.15) is 11.5 Å². The standard InChI is InChI=1S/C10H14O4S.C6H6O.Na/c1-2-3-4-9-5-7-10(8-6-9)14-15(11,12)13;7-6-4-2-1-3-5-6;/h5-8H,2-4H2,1H3,(H,11,12,13);1-5,7H;/q;;+1/p-1. The first-order chi connectivity index (χ1) is 10.4. The van der Waals surface area contributed by atoms with E-state index in [1.54, 1.807) is 36.4 Å². The van der Waals surface area contributed by atoms with E-state index in [1.807, 2.05) is 6.07 Å². The smallest absolute Gasteiger partial charge is 0.716 e. The molecule has 0 spiro atoms.